The second-order valence-corrected chi connectivity index (χ2v) is 11.7. The van der Waals surface area contributed by atoms with Crippen LogP contribution in [0.1, 0.15) is 35.2 Å². The average Bonchev–Trinajstić information content (AvgIpc) is 3.68. The van der Waals surface area contributed by atoms with E-state index in [1.165, 1.54) is 5.56 Å². The second-order valence-electron chi connectivity index (χ2n) is 11.7. The summed E-state index contributed by atoms with van der Waals surface area (Å²) in [5.74, 6) is 0.283. The zero-order valence-electron chi connectivity index (χ0n) is 24.9. The van der Waals surface area contributed by atoms with Gasteiger partial charge in [0.05, 0.1) is 11.8 Å². The van der Waals surface area contributed by atoms with Gasteiger partial charge in [-0.1, -0.05) is 36.4 Å². The summed E-state index contributed by atoms with van der Waals surface area (Å²) in [6, 6.07) is 17.9. The number of nitrogen functional groups attached to an aromatic ring is 1. The van der Waals surface area contributed by atoms with Crippen LogP contribution in [0.5, 0.6) is 5.75 Å². The minimum atomic E-state index is -0.449. The van der Waals surface area contributed by atoms with Crippen molar-refractivity contribution in [1.82, 2.24) is 29.9 Å². The van der Waals surface area contributed by atoms with Gasteiger partial charge in [0.2, 0.25) is 0 Å². The molecular weight excluding hydrogens is 556 g/mol. The standard InChI is InChI=1S/C33H38N8O3/c1-39-20-26(18-37-39)25-16-30(31(35)36-17-25)32(42)38-28-11-14-41(21-28)33(43)44-29-4-2-3-24(15-29)23-7-5-22(6-8-23)19-40-12-9-27(34)10-13-40/h2-8,15-18,20,27-28H,9-14,19,21,34H2,1H3,(H2,35,36)(H,38,42)/t28-/m1/s1. The topological polar surface area (TPSA) is 145 Å². The van der Waals surface area contributed by atoms with Gasteiger partial charge >= 0.3 is 6.09 Å². The molecule has 2 aliphatic rings. The number of aryl methyl sites for hydroxylation is 1. The summed E-state index contributed by atoms with van der Waals surface area (Å²) in [4.78, 5) is 34.4. The number of carbonyl (C=O) groups is 2. The molecule has 0 spiro atoms. The molecule has 2 aromatic heterocycles. The molecular formula is C33H38N8O3. The molecule has 2 fully saturated rings. The molecule has 4 aromatic rings. The molecule has 44 heavy (non-hydrogen) atoms. The molecule has 0 unspecified atom stereocenters. The predicted octanol–water partition coefficient (Wildman–Crippen LogP) is 3.66. The Balaban J connectivity index is 1.03. The highest BCUT2D eigenvalue weighted by atomic mass is 16.6. The fraction of sp³-hybridized carbons (Fsp3) is 0.333. The Morgan fingerprint density at radius 2 is 1.75 bits per heavy atom. The molecule has 1 atom stereocenters. The summed E-state index contributed by atoms with van der Waals surface area (Å²) in [5, 5.41) is 7.17. The Kier molecular flexibility index (Phi) is 8.58. The summed E-state index contributed by atoms with van der Waals surface area (Å²) in [7, 11) is 1.82. The van der Waals surface area contributed by atoms with Gasteiger partial charge in [-0.25, -0.2) is 9.78 Å². The molecule has 2 amide bonds. The van der Waals surface area contributed by atoms with Crippen LogP contribution in [0.4, 0.5) is 10.6 Å². The number of piperidine rings is 1. The highest BCUT2D eigenvalue weighted by molar-refractivity contribution is 5.99. The second kappa shape index (κ2) is 12.9. The minimum absolute atomic E-state index is 0.145. The quantitative estimate of drug-likeness (QED) is 0.294. The molecule has 11 heteroatoms. The first kappa shape index (κ1) is 29.3. The van der Waals surface area contributed by atoms with Crippen LogP contribution >= 0.6 is 0 Å². The maximum atomic E-state index is 13.1. The lowest BCUT2D eigenvalue weighted by Crippen LogP contribution is -2.39. The number of anilines is 1. The molecule has 0 aliphatic carbocycles. The van der Waals surface area contributed by atoms with E-state index < -0.39 is 6.09 Å². The number of benzene rings is 2. The number of carbonyl (C=O) groups excluding carboxylic acids is 2. The van der Waals surface area contributed by atoms with E-state index in [1.807, 2.05) is 31.4 Å². The van der Waals surface area contributed by atoms with Gasteiger partial charge in [-0.15, -0.1) is 0 Å². The Bertz CT molecular complexity index is 1630. The number of nitrogens with two attached hydrogens (primary N) is 2. The van der Waals surface area contributed by atoms with Crippen LogP contribution in [0.2, 0.25) is 0 Å². The first-order chi connectivity index (χ1) is 21.3. The lowest BCUT2D eigenvalue weighted by molar-refractivity contribution is 0.0937. The zero-order valence-corrected chi connectivity index (χ0v) is 24.9. The average molecular weight is 595 g/mol. The number of hydrogen-bond donors (Lipinski definition) is 3. The van der Waals surface area contributed by atoms with Crippen molar-refractivity contribution in [1.29, 1.82) is 0 Å². The SMILES string of the molecule is Cn1cc(-c2cnc(N)c(C(=O)N[C@@H]3CCN(C(=O)Oc4cccc(-c5ccc(CN6CCC(N)CC6)cc5)c4)C3)c2)cn1. The number of aromatic nitrogens is 3. The van der Waals surface area contributed by atoms with Gasteiger partial charge in [0.15, 0.2) is 0 Å². The number of amides is 2. The smallest absolute Gasteiger partial charge is 0.410 e. The van der Waals surface area contributed by atoms with Crippen LogP contribution in [0, 0.1) is 0 Å². The number of hydrogen-bond acceptors (Lipinski definition) is 8. The van der Waals surface area contributed by atoms with E-state index in [2.05, 4.69) is 44.6 Å². The van der Waals surface area contributed by atoms with Crippen LogP contribution in [0.15, 0.2) is 73.2 Å². The molecule has 2 aliphatic heterocycles. The number of ether oxygens (including phenoxy) is 1. The third-order valence-electron chi connectivity index (χ3n) is 8.35. The van der Waals surface area contributed by atoms with Gasteiger partial charge in [-0.05, 0) is 67.2 Å². The largest absolute Gasteiger partial charge is 0.415 e. The van der Waals surface area contributed by atoms with E-state index in [-0.39, 0.29) is 23.3 Å². The van der Waals surface area contributed by atoms with Gasteiger partial charge < -0.3 is 26.4 Å². The van der Waals surface area contributed by atoms with Crippen molar-refractivity contribution in [2.75, 3.05) is 31.9 Å². The Labute approximate surface area is 256 Å². The first-order valence-electron chi connectivity index (χ1n) is 15.0. The maximum Gasteiger partial charge on any atom is 0.415 e. The van der Waals surface area contributed by atoms with Gasteiger partial charge in [0.1, 0.15) is 11.6 Å². The van der Waals surface area contributed by atoms with Gasteiger partial charge in [-0.2, -0.15) is 5.10 Å². The molecule has 0 radical (unpaired) electrons. The minimum Gasteiger partial charge on any atom is -0.410 e. The van der Waals surface area contributed by atoms with Crippen LogP contribution < -0.4 is 21.5 Å². The molecule has 2 saturated heterocycles. The maximum absolute atomic E-state index is 13.1. The number of likely N-dealkylation sites (tertiary alicyclic amines) is 2. The number of nitrogens with one attached hydrogen (secondary N) is 1. The zero-order chi connectivity index (χ0) is 30.6. The fourth-order valence-electron chi connectivity index (χ4n) is 5.77. The number of rotatable bonds is 7. The van der Waals surface area contributed by atoms with E-state index in [4.69, 9.17) is 16.2 Å². The molecule has 5 N–H and O–H groups in total. The van der Waals surface area contributed by atoms with E-state index in [9.17, 15) is 9.59 Å². The lowest BCUT2D eigenvalue weighted by Gasteiger charge is -2.30. The van der Waals surface area contributed by atoms with E-state index in [0.29, 0.717) is 31.3 Å². The summed E-state index contributed by atoms with van der Waals surface area (Å²) >= 11 is 0. The fourth-order valence-corrected chi connectivity index (χ4v) is 5.77. The van der Waals surface area contributed by atoms with Crippen molar-refractivity contribution < 1.29 is 14.3 Å². The molecule has 2 aromatic carbocycles. The van der Waals surface area contributed by atoms with Gasteiger partial charge in [-0.3, -0.25) is 14.4 Å². The summed E-state index contributed by atoms with van der Waals surface area (Å²) in [5.41, 5.74) is 17.2. The van der Waals surface area contributed by atoms with Gasteiger partial charge in [0, 0.05) is 62.3 Å². The number of pyridine rings is 1. The van der Waals surface area contributed by atoms with Crippen molar-refractivity contribution in [3.63, 3.8) is 0 Å². The summed E-state index contributed by atoms with van der Waals surface area (Å²) < 4.78 is 7.42. The predicted molar refractivity (Wildman–Crippen MR) is 169 cm³/mol. The highest BCUT2D eigenvalue weighted by Gasteiger charge is 2.29. The van der Waals surface area contributed by atoms with E-state index in [0.717, 1.165) is 54.7 Å². The first-order valence-corrected chi connectivity index (χ1v) is 15.0. The van der Waals surface area contributed by atoms with Crippen LogP contribution in [-0.2, 0) is 13.6 Å². The number of nitrogens with zero attached hydrogens (tertiary/aromatic N) is 5. The van der Waals surface area contributed by atoms with E-state index >= 15 is 0 Å². The van der Waals surface area contributed by atoms with Crippen molar-refractivity contribution in [2.45, 2.75) is 37.9 Å². The third-order valence-corrected chi connectivity index (χ3v) is 8.35. The van der Waals surface area contributed by atoms with Crippen molar-refractivity contribution in [3.05, 3.63) is 84.3 Å². The molecule has 0 saturated carbocycles. The van der Waals surface area contributed by atoms with Crippen molar-refractivity contribution in [2.24, 2.45) is 12.8 Å². The molecule has 11 nitrogen and oxygen atoms in total. The monoisotopic (exact) mass is 594 g/mol. The molecule has 6 rings (SSSR count). The molecule has 0 bridgehead atoms. The van der Waals surface area contributed by atoms with Crippen LogP contribution in [0.25, 0.3) is 22.3 Å². The Hall–Kier alpha value is -4.74. The lowest BCUT2D eigenvalue weighted by atomic mass is 10.0. The Morgan fingerprint density at radius 3 is 2.50 bits per heavy atom. The third kappa shape index (κ3) is 6.90. The van der Waals surface area contributed by atoms with Gasteiger partial charge in [0.25, 0.3) is 5.91 Å². The Morgan fingerprint density at radius 1 is 0.955 bits per heavy atom. The van der Waals surface area contributed by atoms with Crippen LogP contribution in [0.3, 0.4) is 0 Å². The van der Waals surface area contributed by atoms with Crippen molar-refractivity contribution in [3.8, 4) is 28.0 Å². The van der Waals surface area contributed by atoms with Crippen LogP contribution in [-0.4, -0.2) is 74.8 Å². The van der Waals surface area contributed by atoms with E-state index in [1.54, 1.807) is 34.1 Å². The highest BCUT2D eigenvalue weighted by Crippen LogP contribution is 2.26. The summed E-state index contributed by atoms with van der Waals surface area (Å²) in [6.07, 6.45) is 7.41. The molecule has 228 valence electrons. The summed E-state index contributed by atoms with van der Waals surface area (Å²) in [6.45, 7) is 3.80. The normalized spacial score (nSPS) is 17.5. The van der Waals surface area contributed by atoms with Crippen molar-refractivity contribution >= 4 is 17.8 Å². The molecule has 4 heterocycles.